The van der Waals surface area contributed by atoms with E-state index >= 15 is 0 Å². The van der Waals surface area contributed by atoms with Crippen molar-refractivity contribution < 1.29 is 14.7 Å². The molecule has 4 nitrogen and oxygen atoms in total. The van der Waals surface area contributed by atoms with E-state index in [2.05, 4.69) is 0 Å². The molecule has 1 amide bonds. The first-order chi connectivity index (χ1) is 5.66. The highest BCUT2D eigenvalue weighted by molar-refractivity contribution is 5.84. The predicted octanol–water partition coefficient (Wildman–Crippen LogP) is 0.472. The first-order valence-electron chi connectivity index (χ1n) is 4.19. The molecule has 0 radical (unpaired) electrons. The lowest BCUT2D eigenvalue weighted by atomic mass is 10.0. The Morgan fingerprint density at radius 3 is 2.83 bits per heavy atom. The summed E-state index contributed by atoms with van der Waals surface area (Å²) in [5, 5.41) is 8.76. The van der Waals surface area contributed by atoms with Gasteiger partial charge in [0.1, 0.15) is 6.04 Å². The molecule has 0 spiro atoms. The average Bonchev–Trinajstić information content (AvgIpc) is 2.03. The lowest BCUT2D eigenvalue weighted by molar-refractivity contribution is -0.152. The van der Waals surface area contributed by atoms with Crippen molar-refractivity contribution in [3.8, 4) is 0 Å². The number of likely N-dealkylation sites (N-methyl/N-ethyl adjacent to an activating group) is 1. The number of aliphatic carboxylic acids is 1. The van der Waals surface area contributed by atoms with Crippen LogP contribution >= 0.6 is 0 Å². The molecular weight excluding hydrogens is 158 g/mol. The van der Waals surface area contributed by atoms with E-state index in [0.29, 0.717) is 25.8 Å². The van der Waals surface area contributed by atoms with Gasteiger partial charge in [0, 0.05) is 13.0 Å². The smallest absolute Gasteiger partial charge is 0.326 e. The molecule has 1 fully saturated rings. The molecule has 1 aliphatic heterocycles. The largest absolute Gasteiger partial charge is 0.480 e. The third kappa shape index (κ3) is 1.57. The minimum Gasteiger partial charge on any atom is -0.480 e. The Bertz CT molecular complexity index is 202. The number of carboxylic acids is 1. The van der Waals surface area contributed by atoms with Gasteiger partial charge >= 0.3 is 5.97 Å². The minimum absolute atomic E-state index is 0.0313. The molecule has 1 N–H and O–H groups in total. The lowest BCUT2D eigenvalue weighted by Gasteiger charge is -2.31. The van der Waals surface area contributed by atoms with Crippen molar-refractivity contribution in [1.82, 2.24) is 4.90 Å². The van der Waals surface area contributed by atoms with Crippen LogP contribution in [0.4, 0.5) is 0 Å². The summed E-state index contributed by atoms with van der Waals surface area (Å²) >= 11 is 0. The van der Waals surface area contributed by atoms with Crippen molar-refractivity contribution >= 4 is 11.9 Å². The summed E-state index contributed by atoms with van der Waals surface area (Å²) in [5.74, 6) is -0.916. The van der Waals surface area contributed by atoms with Gasteiger partial charge in [-0.15, -0.1) is 0 Å². The van der Waals surface area contributed by atoms with E-state index in [9.17, 15) is 9.59 Å². The van der Waals surface area contributed by atoms with Crippen LogP contribution < -0.4 is 0 Å². The van der Waals surface area contributed by atoms with Crippen LogP contribution in [-0.2, 0) is 9.59 Å². The first-order valence-corrected chi connectivity index (χ1v) is 4.19. The number of nitrogens with zero attached hydrogens (tertiary/aromatic N) is 1. The molecule has 4 heteroatoms. The second-order valence-corrected chi connectivity index (χ2v) is 2.93. The second-order valence-electron chi connectivity index (χ2n) is 2.93. The number of rotatable bonds is 2. The molecule has 1 aliphatic rings. The number of carbonyl (C=O) groups excluding carboxylic acids is 1. The normalized spacial score (nSPS) is 24.2. The number of likely N-dealkylation sites (tertiary alicyclic amines) is 1. The molecule has 1 rings (SSSR count). The predicted molar refractivity (Wildman–Crippen MR) is 42.7 cm³/mol. The number of piperidine rings is 1. The third-order valence-corrected chi connectivity index (χ3v) is 2.19. The molecule has 0 aromatic heterocycles. The lowest BCUT2D eigenvalue weighted by Crippen LogP contribution is -2.47. The van der Waals surface area contributed by atoms with Crippen molar-refractivity contribution in [1.29, 1.82) is 0 Å². The van der Waals surface area contributed by atoms with E-state index < -0.39 is 12.0 Å². The van der Waals surface area contributed by atoms with E-state index in [1.165, 1.54) is 4.90 Å². The Hall–Kier alpha value is -1.06. The van der Waals surface area contributed by atoms with E-state index in [1.807, 2.05) is 0 Å². The zero-order chi connectivity index (χ0) is 9.14. The van der Waals surface area contributed by atoms with Crippen molar-refractivity contribution in [3.05, 3.63) is 0 Å². The molecule has 1 heterocycles. The highest BCUT2D eigenvalue weighted by Crippen LogP contribution is 2.17. The Morgan fingerprint density at radius 2 is 2.42 bits per heavy atom. The fraction of sp³-hybridized carbons (Fsp3) is 0.750. The highest BCUT2D eigenvalue weighted by Gasteiger charge is 2.31. The zero-order valence-corrected chi connectivity index (χ0v) is 7.12. The maximum atomic E-state index is 11.2. The second kappa shape index (κ2) is 3.56. The van der Waals surface area contributed by atoms with Crippen LogP contribution in [0, 0.1) is 0 Å². The van der Waals surface area contributed by atoms with Crippen molar-refractivity contribution in [2.45, 2.75) is 32.2 Å². The topological polar surface area (TPSA) is 57.6 Å². The van der Waals surface area contributed by atoms with Crippen LogP contribution in [0.3, 0.4) is 0 Å². The maximum Gasteiger partial charge on any atom is 0.326 e. The molecule has 0 bridgehead atoms. The number of carboxylic acid groups (broad SMARTS) is 1. The summed E-state index contributed by atoms with van der Waals surface area (Å²) in [5.41, 5.74) is 0. The molecule has 12 heavy (non-hydrogen) atoms. The molecule has 0 saturated carbocycles. The summed E-state index contributed by atoms with van der Waals surface area (Å²) in [4.78, 5) is 23.3. The van der Waals surface area contributed by atoms with Crippen LogP contribution in [0.1, 0.15) is 26.2 Å². The van der Waals surface area contributed by atoms with Crippen LogP contribution in [0.2, 0.25) is 0 Å². The molecule has 1 unspecified atom stereocenters. The van der Waals surface area contributed by atoms with Gasteiger partial charge in [-0.1, -0.05) is 0 Å². The van der Waals surface area contributed by atoms with Gasteiger partial charge in [-0.3, -0.25) is 4.79 Å². The third-order valence-electron chi connectivity index (χ3n) is 2.19. The molecule has 0 aliphatic carbocycles. The Kier molecular flexibility index (Phi) is 2.68. The van der Waals surface area contributed by atoms with Gasteiger partial charge in [0.25, 0.3) is 0 Å². The van der Waals surface area contributed by atoms with Crippen LogP contribution in [-0.4, -0.2) is 34.5 Å². The summed E-state index contributed by atoms with van der Waals surface area (Å²) < 4.78 is 0. The fourth-order valence-corrected chi connectivity index (χ4v) is 1.57. The fourth-order valence-electron chi connectivity index (χ4n) is 1.57. The molecule has 1 atom stereocenters. The molecule has 68 valence electrons. The van der Waals surface area contributed by atoms with Gasteiger partial charge in [0.2, 0.25) is 5.91 Å². The maximum absolute atomic E-state index is 11.2. The quantitative estimate of drug-likeness (QED) is 0.657. The number of hydrogen-bond donors (Lipinski definition) is 1. The van der Waals surface area contributed by atoms with Gasteiger partial charge in [0.05, 0.1) is 0 Å². The molecule has 1 saturated heterocycles. The summed E-state index contributed by atoms with van der Waals surface area (Å²) in [6.45, 7) is 2.30. The van der Waals surface area contributed by atoms with Crippen molar-refractivity contribution in [2.75, 3.05) is 6.54 Å². The van der Waals surface area contributed by atoms with E-state index in [1.54, 1.807) is 6.92 Å². The molecular formula is C8H13NO3. The van der Waals surface area contributed by atoms with Crippen LogP contribution in [0.15, 0.2) is 0 Å². The summed E-state index contributed by atoms with van der Waals surface area (Å²) in [6.07, 6.45) is 1.79. The first kappa shape index (κ1) is 9.03. The minimum atomic E-state index is -0.884. The van der Waals surface area contributed by atoms with Crippen LogP contribution in [0.25, 0.3) is 0 Å². The van der Waals surface area contributed by atoms with Crippen molar-refractivity contribution in [2.24, 2.45) is 0 Å². The SMILES string of the molecule is CCN1C(=O)CCCC1C(=O)O. The Labute approximate surface area is 71.2 Å². The Balaban J connectivity index is 2.70. The monoisotopic (exact) mass is 171 g/mol. The number of amides is 1. The van der Waals surface area contributed by atoms with Gasteiger partial charge in [-0.05, 0) is 19.8 Å². The standard InChI is InChI=1S/C8H13NO3/c1-2-9-6(8(11)12)4-3-5-7(9)10/h6H,2-5H2,1H3,(H,11,12). The van der Waals surface area contributed by atoms with Gasteiger partial charge < -0.3 is 10.0 Å². The van der Waals surface area contributed by atoms with Gasteiger partial charge in [0.15, 0.2) is 0 Å². The number of carbonyl (C=O) groups is 2. The molecule has 0 aromatic rings. The van der Waals surface area contributed by atoms with Crippen LogP contribution in [0.5, 0.6) is 0 Å². The van der Waals surface area contributed by atoms with E-state index in [4.69, 9.17) is 5.11 Å². The Morgan fingerprint density at radius 1 is 1.75 bits per heavy atom. The van der Waals surface area contributed by atoms with Crippen molar-refractivity contribution in [3.63, 3.8) is 0 Å². The van der Waals surface area contributed by atoms with Gasteiger partial charge in [-0.2, -0.15) is 0 Å². The molecule has 0 aromatic carbocycles. The van der Waals surface area contributed by atoms with E-state index in [0.717, 1.165) is 0 Å². The van der Waals surface area contributed by atoms with Gasteiger partial charge in [-0.25, -0.2) is 4.79 Å². The number of hydrogen-bond acceptors (Lipinski definition) is 2. The highest BCUT2D eigenvalue weighted by atomic mass is 16.4. The average molecular weight is 171 g/mol. The van der Waals surface area contributed by atoms with E-state index in [-0.39, 0.29) is 5.91 Å². The summed E-state index contributed by atoms with van der Waals surface area (Å²) in [7, 11) is 0. The summed E-state index contributed by atoms with van der Waals surface area (Å²) in [6, 6.07) is -0.587. The zero-order valence-electron chi connectivity index (χ0n) is 7.12.